The summed E-state index contributed by atoms with van der Waals surface area (Å²) in [6.45, 7) is 3.47. The first kappa shape index (κ1) is 13.3. The molecule has 5 nitrogen and oxygen atoms in total. The van der Waals surface area contributed by atoms with Crippen LogP contribution in [0.5, 0.6) is 0 Å². The number of carbonyl (C=O) groups excluding carboxylic acids is 1. The van der Waals surface area contributed by atoms with E-state index in [0.717, 1.165) is 30.8 Å². The van der Waals surface area contributed by atoms with Gasteiger partial charge in [0.1, 0.15) is 0 Å². The zero-order chi connectivity index (χ0) is 13.9. The summed E-state index contributed by atoms with van der Waals surface area (Å²) in [6.07, 6.45) is 2.38. The second-order valence-corrected chi connectivity index (χ2v) is 5.89. The SMILES string of the molecule is CCC(=O)N1CCC(c2nc(-c3cccs3)no2)CC1. The van der Waals surface area contributed by atoms with Gasteiger partial charge in [0.15, 0.2) is 0 Å². The lowest BCUT2D eigenvalue weighted by Crippen LogP contribution is -2.37. The molecule has 6 heteroatoms. The zero-order valence-corrected chi connectivity index (χ0v) is 12.2. The van der Waals surface area contributed by atoms with Crippen molar-refractivity contribution in [1.29, 1.82) is 0 Å². The Bertz CT molecular complexity index is 571. The molecule has 2 aromatic rings. The molecular weight excluding hydrogens is 274 g/mol. The van der Waals surface area contributed by atoms with E-state index in [9.17, 15) is 4.79 Å². The summed E-state index contributed by atoms with van der Waals surface area (Å²) in [7, 11) is 0. The van der Waals surface area contributed by atoms with Crippen LogP contribution in [0.1, 0.15) is 38.0 Å². The van der Waals surface area contributed by atoms with Gasteiger partial charge in [-0.2, -0.15) is 4.98 Å². The Hall–Kier alpha value is -1.69. The summed E-state index contributed by atoms with van der Waals surface area (Å²) in [4.78, 5) is 19.1. The predicted molar refractivity (Wildman–Crippen MR) is 76.5 cm³/mol. The molecule has 3 rings (SSSR count). The van der Waals surface area contributed by atoms with Gasteiger partial charge >= 0.3 is 0 Å². The molecule has 0 N–H and O–H groups in total. The van der Waals surface area contributed by atoms with Crippen molar-refractivity contribution in [2.24, 2.45) is 0 Å². The fourth-order valence-electron chi connectivity index (χ4n) is 2.51. The van der Waals surface area contributed by atoms with Crippen LogP contribution in [-0.2, 0) is 4.79 Å². The molecule has 0 aliphatic carbocycles. The van der Waals surface area contributed by atoms with Gasteiger partial charge in [0.2, 0.25) is 17.6 Å². The van der Waals surface area contributed by atoms with Crippen molar-refractivity contribution in [1.82, 2.24) is 15.0 Å². The molecule has 3 heterocycles. The standard InChI is InChI=1S/C14H17N3O2S/c1-2-12(18)17-7-5-10(6-8-17)14-15-13(16-19-14)11-4-3-9-20-11/h3-4,9-10H,2,5-8H2,1H3. The van der Waals surface area contributed by atoms with Gasteiger partial charge in [-0.05, 0) is 24.3 Å². The van der Waals surface area contributed by atoms with E-state index in [-0.39, 0.29) is 11.8 Å². The second kappa shape index (κ2) is 5.75. The van der Waals surface area contributed by atoms with Gasteiger partial charge in [0.05, 0.1) is 4.88 Å². The van der Waals surface area contributed by atoms with Crippen LogP contribution < -0.4 is 0 Å². The van der Waals surface area contributed by atoms with Crippen molar-refractivity contribution < 1.29 is 9.32 Å². The molecule has 1 saturated heterocycles. The van der Waals surface area contributed by atoms with Gasteiger partial charge < -0.3 is 9.42 Å². The number of amides is 1. The van der Waals surface area contributed by atoms with E-state index in [1.54, 1.807) is 11.3 Å². The molecule has 0 unspecified atom stereocenters. The third kappa shape index (κ3) is 2.60. The topological polar surface area (TPSA) is 59.2 Å². The number of piperidine rings is 1. The molecule has 0 atom stereocenters. The Balaban J connectivity index is 1.65. The number of thiophene rings is 1. The zero-order valence-electron chi connectivity index (χ0n) is 11.4. The minimum atomic E-state index is 0.230. The van der Waals surface area contributed by atoms with Crippen LogP contribution in [0.15, 0.2) is 22.0 Å². The fourth-order valence-corrected chi connectivity index (χ4v) is 3.16. The Kier molecular flexibility index (Phi) is 3.82. The normalized spacial score (nSPS) is 16.6. The molecule has 0 radical (unpaired) electrons. The molecule has 1 aliphatic heterocycles. The van der Waals surface area contributed by atoms with Crippen LogP contribution in [0.25, 0.3) is 10.7 Å². The van der Waals surface area contributed by atoms with Gasteiger partial charge in [0, 0.05) is 25.4 Å². The van der Waals surface area contributed by atoms with E-state index >= 15 is 0 Å². The van der Waals surface area contributed by atoms with Crippen LogP contribution >= 0.6 is 11.3 Å². The highest BCUT2D eigenvalue weighted by Gasteiger charge is 2.27. The average molecular weight is 291 g/mol. The van der Waals surface area contributed by atoms with E-state index in [1.807, 2.05) is 29.3 Å². The van der Waals surface area contributed by atoms with Gasteiger partial charge in [-0.1, -0.05) is 18.1 Å². The molecule has 0 saturated carbocycles. The molecule has 0 aromatic carbocycles. The van der Waals surface area contributed by atoms with Crippen molar-refractivity contribution in [3.8, 4) is 10.7 Å². The van der Waals surface area contributed by atoms with Crippen LogP contribution in [-0.4, -0.2) is 34.0 Å². The van der Waals surface area contributed by atoms with Crippen LogP contribution in [0, 0.1) is 0 Å². The first-order chi connectivity index (χ1) is 9.78. The maximum atomic E-state index is 11.6. The van der Waals surface area contributed by atoms with E-state index in [0.29, 0.717) is 18.1 Å². The second-order valence-electron chi connectivity index (χ2n) is 4.94. The van der Waals surface area contributed by atoms with Gasteiger partial charge in [-0.25, -0.2) is 0 Å². The third-order valence-corrected chi connectivity index (χ3v) is 4.55. The van der Waals surface area contributed by atoms with E-state index in [2.05, 4.69) is 10.1 Å². The summed E-state index contributed by atoms with van der Waals surface area (Å²) < 4.78 is 5.39. The Labute approximate surface area is 121 Å². The van der Waals surface area contributed by atoms with Crippen molar-refractivity contribution in [2.45, 2.75) is 32.1 Å². The van der Waals surface area contributed by atoms with E-state index < -0.39 is 0 Å². The van der Waals surface area contributed by atoms with Gasteiger partial charge in [0.25, 0.3) is 0 Å². The van der Waals surface area contributed by atoms with Gasteiger partial charge in [-0.3, -0.25) is 4.79 Å². The van der Waals surface area contributed by atoms with Crippen LogP contribution in [0.3, 0.4) is 0 Å². The summed E-state index contributed by atoms with van der Waals surface area (Å²) in [5.74, 6) is 1.88. The Morgan fingerprint density at radius 1 is 1.50 bits per heavy atom. The molecule has 0 bridgehead atoms. The number of aromatic nitrogens is 2. The van der Waals surface area contributed by atoms with Crippen LogP contribution in [0.4, 0.5) is 0 Å². The number of nitrogens with zero attached hydrogens (tertiary/aromatic N) is 3. The maximum absolute atomic E-state index is 11.6. The largest absolute Gasteiger partial charge is 0.343 e. The smallest absolute Gasteiger partial charge is 0.230 e. The molecule has 2 aromatic heterocycles. The van der Waals surface area contributed by atoms with Crippen molar-refractivity contribution in [3.63, 3.8) is 0 Å². The highest BCUT2D eigenvalue weighted by molar-refractivity contribution is 7.13. The Morgan fingerprint density at radius 2 is 2.30 bits per heavy atom. The average Bonchev–Trinajstić information content (AvgIpc) is 3.17. The quantitative estimate of drug-likeness (QED) is 0.872. The molecule has 1 aliphatic rings. The lowest BCUT2D eigenvalue weighted by atomic mass is 9.96. The lowest BCUT2D eigenvalue weighted by Gasteiger charge is -2.30. The predicted octanol–water partition coefficient (Wildman–Crippen LogP) is 2.91. The number of carbonyl (C=O) groups is 1. The summed E-state index contributed by atoms with van der Waals surface area (Å²) in [6, 6.07) is 3.96. The van der Waals surface area contributed by atoms with Gasteiger partial charge in [-0.15, -0.1) is 11.3 Å². The number of rotatable bonds is 3. The summed E-state index contributed by atoms with van der Waals surface area (Å²) >= 11 is 1.61. The molecule has 1 fully saturated rings. The van der Waals surface area contributed by atoms with Crippen LogP contribution in [0.2, 0.25) is 0 Å². The minimum absolute atomic E-state index is 0.230. The number of hydrogen-bond acceptors (Lipinski definition) is 5. The first-order valence-electron chi connectivity index (χ1n) is 6.93. The van der Waals surface area contributed by atoms with Crippen molar-refractivity contribution in [2.75, 3.05) is 13.1 Å². The van der Waals surface area contributed by atoms with Crippen molar-refractivity contribution in [3.05, 3.63) is 23.4 Å². The maximum Gasteiger partial charge on any atom is 0.230 e. The lowest BCUT2D eigenvalue weighted by molar-refractivity contribution is -0.131. The van der Waals surface area contributed by atoms with Crippen molar-refractivity contribution >= 4 is 17.2 Å². The molecule has 1 amide bonds. The molecule has 0 spiro atoms. The van der Waals surface area contributed by atoms with E-state index in [4.69, 9.17) is 4.52 Å². The monoisotopic (exact) mass is 291 g/mol. The summed E-state index contributed by atoms with van der Waals surface area (Å²) in [5.41, 5.74) is 0. The number of likely N-dealkylation sites (tertiary alicyclic amines) is 1. The van der Waals surface area contributed by atoms with E-state index in [1.165, 1.54) is 0 Å². The molecule has 20 heavy (non-hydrogen) atoms. The number of hydrogen-bond donors (Lipinski definition) is 0. The highest BCUT2D eigenvalue weighted by Crippen LogP contribution is 2.29. The minimum Gasteiger partial charge on any atom is -0.343 e. The highest BCUT2D eigenvalue weighted by atomic mass is 32.1. The fraction of sp³-hybridized carbons (Fsp3) is 0.500. The molecular formula is C14H17N3O2S. The summed E-state index contributed by atoms with van der Waals surface area (Å²) in [5, 5.41) is 6.05. The third-order valence-electron chi connectivity index (χ3n) is 3.68. The first-order valence-corrected chi connectivity index (χ1v) is 7.81. The Morgan fingerprint density at radius 3 is 2.95 bits per heavy atom. The molecule has 106 valence electrons.